The van der Waals surface area contributed by atoms with E-state index in [1.165, 1.54) is 25.0 Å². The number of rotatable bonds is 5. The van der Waals surface area contributed by atoms with Crippen LogP contribution in [0.2, 0.25) is 0 Å². The van der Waals surface area contributed by atoms with Gasteiger partial charge in [-0.1, -0.05) is 6.42 Å². The number of anilines is 1. The zero-order valence-corrected chi connectivity index (χ0v) is 14.4. The lowest BCUT2D eigenvalue weighted by atomic mass is 10.1. The number of aromatic nitrogens is 2. The van der Waals surface area contributed by atoms with E-state index in [0.29, 0.717) is 5.95 Å². The van der Waals surface area contributed by atoms with Gasteiger partial charge in [0.25, 0.3) is 0 Å². The largest absolute Gasteiger partial charge is 0.352 e. The molecule has 2 unspecified atom stereocenters. The Bertz CT molecular complexity index is 625. The van der Waals surface area contributed by atoms with Gasteiger partial charge < -0.3 is 10.2 Å². The summed E-state index contributed by atoms with van der Waals surface area (Å²) in [4.78, 5) is 10.6. The molecule has 0 amide bonds. The molecule has 8 nitrogen and oxygen atoms in total. The topological polar surface area (TPSA) is 85.6 Å². The molecular weight excluding hydrogens is 316 g/mol. The van der Waals surface area contributed by atoms with Crippen LogP contribution in [0.15, 0.2) is 42.5 Å². The van der Waals surface area contributed by atoms with E-state index in [2.05, 4.69) is 53.9 Å². The molecule has 2 saturated heterocycles. The number of nitrogens with zero attached hydrogens (tertiary/aromatic N) is 5. The standard InChI is InChI=1S/C17H26N8/c18-16-22-15-14(6-4-12-25(15)23-10-2-1-3-11-23)24(16)13-9-21-17-19-7-5-8-20-17/h4-8,12,15-16,22H,1-3,9-11,13,18H2,(H,19,20,21). The molecule has 8 heteroatoms. The molecule has 3 aliphatic heterocycles. The fourth-order valence-corrected chi connectivity index (χ4v) is 3.68. The van der Waals surface area contributed by atoms with Crippen LogP contribution in [0.4, 0.5) is 5.95 Å². The van der Waals surface area contributed by atoms with Gasteiger partial charge >= 0.3 is 0 Å². The molecule has 134 valence electrons. The van der Waals surface area contributed by atoms with Crippen molar-refractivity contribution in [1.82, 2.24) is 30.2 Å². The molecule has 25 heavy (non-hydrogen) atoms. The van der Waals surface area contributed by atoms with Crippen LogP contribution in [0.3, 0.4) is 0 Å². The van der Waals surface area contributed by atoms with Gasteiger partial charge in [0.15, 0.2) is 0 Å². The van der Waals surface area contributed by atoms with Crippen LogP contribution >= 0.6 is 0 Å². The van der Waals surface area contributed by atoms with Crippen LogP contribution in [0.1, 0.15) is 19.3 Å². The molecule has 3 aliphatic rings. The van der Waals surface area contributed by atoms with Gasteiger partial charge in [0.05, 0.1) is 5.70 Å². The smallest absolute Gasteiger partial charge is 0.222 e. The van der Waals surface area contributed by atoms with Gasteiger partial charge in [-0.2, -0.15) is 0 Å². The number of piperidine rings is 1. The summed E-state index contributed by atoms with van der Waals surface area (Å²) in [6.45, 7) is 3.74. The van der Waals surface area contributed by atoms with E-state index in [1.807, 2.05) is 6.07 Å². The molecular formula is C17H26N8. The second-order valence-electron chi connectivity index (χ2n) is 6.53. The van der Waals surface area contributed by atoms with Crippen molar-refractivity contribution in [3.8, 4) is 0 Å². The Morgan fingerprint density at radius 1 is 1.20 bits per heavy atom. The Kier molecular flexibility index (Phi) is 4.82. The number of allylic oxidation sites excluding steroid dienone is 2. The summed E-state index contributed by atoms with van der Waals surface area (Å²) >= 11 is 0. The van der Waals surface area contributed by atoms with E-state index >= 15 is 0 Å². The van der Waals surface area contributed by atoms with Gasteiger partial charge in [-0.25, -0.2) is 15.0 Å². The molecule has 1 aromatic heterocycles. The van der Waals surface area contributed by atoms with Gasteiger partial charge in [0.2, 0.25) is 5.95 Å². The van der Waals surface area contributed by atoms with Crippen LogP contribution in [0.25, 0.3) is 0 Å². The first-order chi connectivity index (χ1) is 12.3. The predicted octanol–water partition coefficient (Wildman–Crippen LogP) is 0.476. The first-order valence-corrected chi connectivity index (χ1v) is 9.04. The lowest BCUT2D eigenvalue weighted by molar-refractivity contribution is -0.0273. The number of fused-ring (bicyclic) bond motifs is 1. The van der Waals surface area contributed by atoms with Crippen molar-refractivity contribution in [2.75, 3.05) is 31.5 Å². The second kappa shape index (κ2) is 7.38. The molecule has 0 aliphatic carbocycles. The zero-order valence-electron chi connectivity index (χ0n) is 14.4. The maximum Gasteiger partial charge on any atom is 0.222 e. The van der Waals surface area contributed by atoms with E-state index in [4.69, 9.17) is 5.73 Å². The maximum atomic E-state index is 6.35. The first kappa shape index (κ1) is 16.3. The monoisotopic (exact) mass is 342 g/mol. The summed E-state index contributed by atoms with van der Waals surface area (Å²) in [7, 11) is 0. The molecule has 2 atom stereocenters. The number of hydrazine groups is 1. The highest BCUT2D eigenvalue weighted by molar-refractivity contribution is 5.27. The second-order valence-corrected chi connectivity index (χ2v) is 6.53. The lowest BCUT2D eigenvalue weighted by Crippen LogP contribution is -2.54. The molecule has 2 fully saturated rings. The Labute approximate surface area is 148 Å². The Morgan fingerprint density at radius 3 is 2.80 bits per heavy atom. The van der Waals surface area contributed by atoms with Crippen molar-refractivity contribution < 1.29 is 0 Å². The van der Waals surface area contributed by atoms with Crippen molar-refractivity contribution >= 4 is 5.95 Å². The van der Waals surface area contributed by atoms with Crippen molar-refractivity contribution in [3.63, 3.8) is 0 Å². The number of hydrogen-bond acceptors (Lipinski definition) is 8. The minimum atomic E-state index is -0.193. The summed E-state index contributed by atoms with van der Waals surface area (Å²) in [5, 5.41) is 11.5. The Morgan fingerprint density at radius 2 is 2.00 bits per heavy atom. The third-order valence-electron chi connectivity index (χ3n) is 4.91. The molecule has 4 heterocycles. The van der Waals surface area contributed by atoms with Crippen LogP contribution < -0.4 is 16.4 Å². The zero-order chi connectivity index (χ0) is 17.1. The third-order valence-corrected chi connectivity index (χ3v) is 4.91. The maximum absolute atomic E-state index is 6.35. The highest BCUT2D eigenvalue weighted by Gasteiger charge is 2.39. The van der Waals surface area contributed by atoms with E-state index in [-0.39, 0.29) is 12.5 Å². The van der Waals surface area contributed by atoms with Gasteiger partial charge in [-0.3, -0.25) is 16.1 Å². The first-order valence-electron chi connectivity index (χ1n) is 9.04. The van der Waals surface area contributed by atoms with Crippen molar-refractivity contribution in [1.29, 1.82) is 0 Å². The van der Waals surface area contributed by atoms with Crippen LogP contribution in [-0.4, -0.2) is 63.5 Å². The highest BCUT2D eigenvalue weighted by atomic mass is 15.7. The lowest BCUT2D eigenvalue weighted by Gasteiger charge is -2.41. The van der Waals surface area contributed by atoms with Gasteiger partial charge in [-0.05, 0) is 31.1 Å². The van der Waals surface area contributed by atoms with E-state index in [9.17, 15) is 0 Å². The van der Waals surface area contributed by atoms with Crippen LogP contribution in [0.5, 0.6) is 0 Å². The summed E-state index contributed by atoms with van der Waals surface area (Å²) in [5.74, 6) is 0.646. The van der Waals surface area contributed by atoms with E-state index < -0.39 is 0 Å². The number of nitrogens with two attached hydrogens (primary N) is 1. The average molecular weight is 342 g/mol. The summed E-state index contributed by atoms with van der Waals surface area (Å²) in [5.41, 5.74) is 7.57. The van der Waals surface area contributed by atoms with E-state index in [0.717, 1.165) is 26.2 Å². The predicted molar refractivity (Wildman–Crippen MR) is 96.6 cm³/mol. The normalized spacial score (nSPS) is 26.5. The summed E-state index contributed by atoms with van der Waals surface area (Å²) in [6, 6.07) is 1.81. The number of hydrogen-bond donors (Lipinski definition) is 3. The third kappa shape index (κ3) is 3.46. The minimum absolute atomic E-state index is 0.117. The van der Waals surface area contributed by atoms with Crippen molar-refractivity contribution in [3.05, 3.63) is 42.5 Å². The molecule has 0 spiro atoms. The molecule has 0 radical (unpaired) electrons. The molecule has 4 N–H and O–H groups in total. The van der Waals surface area contributed by atoms with Crippen molar-refractivity contribution in [2.24, 2.45) is 5.73 Å². The number of nitrogens with one attached hydrogen (secondary N) is 2. The molecule has 1 aromatic rings. The quantitative estimate of drug-likeness (QED) is 0.712. The highest BCUT2D eigenvalue weighted by Crippen LogP contribution is 2.27. The van der Waals surface area contributed by atoms with Gasteiger partial charge in [0, 0.05) is 44.8 Å². The average Bonchev–Trinajstić information content (AvgIpc) is 2.99. The van der Waals surface area contributed by atoms with E-state index in [1.54, 1.807) is 12.4 Å². The van der Waals surface area contributed by atoms with Crippen LogP contribution in [-0.2, 0) is 0 Å². The summed E-state index contributed by atoms with van der Waals surface area (Å²) in [6.07, 6.45) is 13.7. The van der Waals surface area contributed by atoms with Crippen LogP contribution in [0, 0.1) is 0 Å². The Hall–Kier alpha value is -2.16. The van der Waals surface area contributed by atoms with Gasteiger partial charge in [-0.15, -0.1) is 0 Å². The molecule has 0 saturated carbocycles. The molecule has 0 aromatic carbocycles. The Balaban J connectivity index is 1.39. The van der Waals surface area contributed by atoms with Gasteiger partial charge in [0.1, 0.15) is 12.5 Å². The fraction of sp³-hybridized carbons (Fsp3) is 0.529. The minimum Gasteiger partial charge on any atom is -0.352 e. The summed E-state index contributed by atoms with van der Waals surface area (Å²) < 4.78 is 0. The SMILES string of the molecule is NC1NC2C(=CC=CN2N2CCCCC2)N1CCNc1ncccn1. The molecule has 4 rings (SSSR count). The fourth-order valence-electron chi connectivity index (χ4n) is 3.68. The molecule has 0 bridgehead atoms. The van der Waals surface area contributed by atoms with Crippen molar-refractivity contribution in [2.45, 2.75) is 31.7 Å².